The van der Waals surface area contributed by atoms with Gasteiger partial charge in [-0.15, -0.1) is 0 Å². The minimum Gasteiger partial charge on any atom is -0.338 e. The highest BCUT2D eigenvalue weighted by molar-refractivity contribution is 5.98. The molecule has 2 aromatic rings. The highest BCUT2D eigenvalue weighted by Gasteiger charge is 2.13. The Kier molecular flexibility index (Phi) is 4.15. The second-order valence-corrected chi connectivity index (χ2v) is 4.35. The zero-order valence-electron chi connectivity index (χ0n) is 11.0. The summed E-state index contributed by atoms with van der Waals surface area (Å²) in [6.45, 7) is 3.03. The van der Waals surface area contributed by atoms with E-state index in [9.17, 15) is 4.79 Å². The van der Waals surface area contributed by atoms with Crippen molar-refractivity contribution in [1.29, 1.82) is 5.26 Å². The molecule has 0 fully saturated rings. The minimum absolute atomic E-state index is 0.0106. The van der Waals surface area contributed by atoms with E-state index in [1.54, 1.807) is 4.90 Å². The van der Waals surface area contributed by atoms with E-state index in [-0.39, 0.29) is 5.91 Å². The van der Waals surface area contributed by atoms with Gasteiger partial charge in [0, 0.05) is 18.7 Å². The van der Waals surface area contributed by atoms with Crippen LogP contribution in [0.25, 0.3) is 10.8 Å². The number of rotatable bonds is 4. The fraction of sp³-hybridized carbons (Fsp3) is 0.250. The van der Waals surface area contributed by atoms with Gasteiger partial charge in [-0.2, -0.15) is 5.26 Å². The Morgan fingerprint density at radius 1 is 1.21 bits per heavy atom. The van der Waals surface area contributed by atoms with Crippen molar-refractivity contribution in [2.45, 2.75) is 13.3 Å². The van der Waals surface area contributed by atoms with Crippen molar-refractivity contribution in [2.24, 2.45) is 0 Å². The molecule has 3 nitrogen and oxygen atoms in total. The second-order valence-electron chi connectivity index (χ2n) is 4.35. The Morgan fingerprint density at radius 3 is 2.63 bits per heavy atom. The van der Waals surface area contributed by atoms with Crippen molar-refractivity contribution in [2.75, 3.05) is 13.1 Å². The standard InChI is InChI=1S/C16H16N2O/c1-2-18(11-5-10-17)16(19)15-9-8-13-6-3-4-7-14(13)12-15/h3-4,6-9,12H,2,5,11H2,1H3. The van der Waals surface area contributed by atoms with Crippen LogP contribution < -0.4 is 0 Å². The third-order valence-electron chi connectivity index (χ3n) is 3.16. The largest absolute Gasteiger partial charge is 0.338 e. The van der Waals surface area contributed by atoms with Gasteiger partial charge in [-0.1, -0.05) is 30.3 Å². The molecule has 2 aromatic carbocycles. The van der Waals surface area contributed by atoms with Gasteiger partial charge in [0.15, 0.2) is 0 Å². The molecule has 3 heteroatoms. The monoisotopic (exact) mass is 252 g/mol. The number of hydrogen-bond donors (Lipinski definition) is 0. The van der Waals surface area contributed by atoms with Crippen LogP contribution in [0.4, 0.5) is 0 Å². The molecule has 0 saturated carbocycles. The molecule has 96 valence electrons. The lowest BCUT2D eigenvalue weighted by molar-refractivity contribution is 0.0768. The van der Waals surface area contributed by atoms with E-state index in [4.69, 9.17) is 5.26 Å². The van der Waals surface area contributed by atoms with Crippen LogP contribution in [-0.2, 0) is 0 Å². The van der Waals surface area contributed by atoms with Crippen LogP contribution in [0.2, 0.25) is 0 Å². The molecule has 2 rings (SSSR count). The maximum absolute atomic E-state index is 12.3. The molecule has 1 amide bonds. The maximum Gasteiger partial charge on any atom is 0.253 e. The van der Waals surface area contributed by atoms with Crippen LogP contribution in [0.15, 0.2) is 42.5 Å². The SMILES string of the molecule is CCN(CCC#N)C(=O)c1ccc2ccccc2c1. The van der Waals surface area contributed by atoms with Crippen molar-refractivity contribution in [3.63, 3.8) is 0 Å². The Hall–Kier alpha value is -2.34. The quantitative estimate of drug-likeness (QED) is 0.838. The van der Waals surface area contributed by atoms with Gasteiger partial charge in [-0.05, 0) is 29.8 Å². The van der Waals surface area contributed by atoms with Crippen LogP contribution in [0.1, 0.15) is 23.7 Å². The first-order valence-corrected chi connectivity index (χ1v) is 6.41. The number of fused-ring (bicyclic) bond motifs is 1. The summed E-state index contributed by atoms with van der Waals surface area (Å²) < 4.78 is 0. The van der Waals surface area contributed by atoms with E-state index < -0.39 is 0 Å². The van der Waals surface area contributed by atoms with Crippen molar-refractivity contribution in [1.82, 2.24) is 4.90 Å². The van der Waals surface area contributed by atoms with E-state index in [0.717, 1.165) is 10.8 Å². The molecule has 0 aliphatic heterocycles. The number of carbonyl (C=O) groups excluding carboxylic acids is 1. The summed E-state index contributed by atoms with van der Waals surface area (Å²) >= 11 is 0. The zero-order chi connectivity index (χ0) is 13.7. The summed E-state index contributed by atoms with van der Waals surface area (Å²) in [4.78, 5) is 14.0. The molecule has 0 spiro atoms. The summed E-state index contributed by atoms with van der Waals surface area (Å²) in [5.41, 5.74) is 0.679. The number of carbonyl (C=O) groups is 1. The fourth-order valence-corrected chi connectivity index (χ4v) is 2.09. The maximum atomic E-state index is 12.3. The lowest BCUT2D eigenvalue weighted by Gasteiger charge is -2.19. The first-order chi connectivity index (χ1) is 9.26. The molecule has 0 aliphatic rings. The summed E-state index contributed by atoms with van der Waals surface area (Å²) in [5, 5.41) is 10.8. The number of hydrogen-bond acceptors (Lipinski definition) is 2. The van der Waals surface area contributed by atoms with Gasteiger partial charge < -0.3 is 4.90 Å². The second kappa shape index (κ2) is 6.01. The number of amides is 1. The van der Waals surface area contributed by atoms with Gasteiger partial charge in [0.05, 0.1) is 12.5 Å². The first kappa shape index (κ1) is 13.1. The van der Waals surface area contributed by atoms with Crippen LogP contribution in [0, 0.1) is 11.3 Å². The van der Waals surface area contributed by atoms with Crippen LogP contribution >= 0.6 is 0 Å². The van der Waals surface area contributed by atoms with E-state index in [1.165, 1.54) is 0 Å². The summed E-state index contributed by atoms with van der Waals surface area (Å²) in [7, 11) is 0. The summed E-state index contributed by atoms with van der Waals surface area (Å²) in [6.07, 6.45) is 0.368. The molecule has 0 aliphatic carbocycles. The smallest absolute Gasteiger partial charge is 0.253 e. The Morgan fingerprint density at radius 2 is 1.95 bits per heavy atom. The van der Waals surface area contributed by atoms with Crippen molar-refractivity contribution >= 4 is 16.7 Å². The first-order valence-electron chi connectivity index (χ1n) is 6.41. The molecule has 0 saturated heterocycles. The van der Waals surface area contributed by atoms with Gasteiger partial charge in [0.2, 0.25) is 0 Å². The third-order valence-corrected chi connectivity index (χ3v) is 3.16. The topological polar surface area (TPSA) is 44.1 Å². The molecule has 0 atom stereocenters. The lowest BCUT2D eigenvalue weighted by atomic mass is 10.1. The third kappa shape index (κ3) is 2.92. The average Bonchev–Trinajstić information content (AvgIpc) is 2.47. The van der Waals surface area contributed by atoms with E-state index >= 15 is 0 Å². The predicted molar refractivity (Wildman–Crippen MR) is 75.8 cm³/mol. The minimum atomic E-state index is -0.0106. The van der Waals surface area contributed by atoms with Crippen LogP contribution in [-0.4, -0.2) is 23.9 Å². The highest BCUT2D eigenvalue weighted by Crippen LogP contribution is 2.17. The van der Waals surface area contributed by atoms with Gasteiger partial charge in [0.25, 0.3) is 5.91 Å². The Balaban J connectivity index is 2.27. The Bertz CT molecular complexity index is 628. The molecular weight excluding hydrogens is 236 g/mol. The van der Waals surface area contributed by atoms with Gasteiger partial charge >= 0.3 is 0 Å². The summed E-state index contributed by atoms with van der Waals surface area (Å²) in [5.74, 6) is -0.0106. The Labute approximate surface area is 113 Å². The lowest BCUT2D eigenvalue weighted by Crippen LogP contribution is -2.31. The molecule has 0 N–H and O–H groups in total. The molecule has 0 radical (unpaired) electrons. The van der Waals surface area contributed by atoms with Crippen LogP contribution in [0.5, 0.6) is 0 Å². The van der Waals surface area contributed by atoms with Crippen molar-refractivity contribution in [3.05, 3.63) is 48.0 Å². The molecular formula is C16H16N2O. The number of nitriles is 1. The van der Waals surface area contributed by atoms with Gasteiger partial charge in [0.1, 0.15) is 0 Å². The number of nitrogens with zero attached hydrogens (tertiary/aromatic N) is 2. The van der Waals surface area contributed by atoms with Crippen molar-refractivity contribution < 1.29 is 4.79 Å². The normalized spacial score (nSPS) is 10.1. The zero-order valence-corrected chi connectivity index (χ0v) is 11.0. The van der Waals surface area contributed by atoms with Crippen molar-refractivity contribution in [3.8, 4) is 6.07 Å². The molecule has 0 bridgehead atoms. The predicted octanol–water partition coefficient (Wildman–Crippen LogP) is 3.22. The summed E-state index contributed by atoms with van der Waals surface area (Å²) in [6, 6.07) is 15.8. The molecule has 19 heavy (non-hydrogen) atoms. The molecule has 0 unspecified atom stereocenters. The molecule has 0 aromatic heterocycles. The average molecular weight is 252 g/mol. The highest BCUT2D eigenvalue weighted by atomic mass is 16.2. The van der Waals surface area contributed by atoms with E-state index in [0.29, 0.717) is 25.1 Å². The molecule has 0 heterocycles. The van der Waals surface area contributed by atoms with Gasteiger partial charge in [-0.3, -0.25) is 4.79 Å². The number of benzene rings is 2. The van der Waals surface area contributed by atoms with Gasteiger partial charge in [-0.25, -0.2) is 0 Å². The fourth-order valence-electron chi connectivity index (χ4n) is 2.09. The van der Waals surface area contributed by atoms with E-state index in [2.05, 4.69) is 6.07 Å². The van der Waals surface area contributed by atoms with Crippen LogP contribution in [0.3, 0.4) is 0 Å². The van der Waals surface area contributed by atoms with E-state index in [1.807, 2.05) is 49.4 Å².